The lowest BCUT2D eigenvalue weighted by Crippen LogP contribution is -2.22. The van der Waals surface area contributed by atoms with Crippen LogP contribution >= 0.6 is 35.0 Å². The van der Waals surface area contributed by atoms with Crippen molar-refractivity contribution in [3.63, 3.8) is 0 Å². The Bertz CT molecular complexity index is 677. The van der Waals surface area contributed by atoms with Crippen molar-refractivity contribution < 1.29 is 4.79 Å². The third kappa shape index (κ3) is 4.06. The zero-order valence-electron chi connectivity index (χ0n) is 11.3. The van der Waals surface area contributed by atoms with Crippen molar-refractivity contribution in [2.75, 3.05) is 12.3 Å². The number of nitrogens with one attached hydrogen (secondary N) is 1. The van der Waals surface area contributed by atoms with E-state index in [9.17, 15) is 4.79 Å². The van der Waals surface area contributed by atoms with E-state index >= 15 is 0 Å². The second-order valence-electron chi connectivity index (χ2n) is 4.29. The SMILES string of the molecule is CCNC(=O)c1ccc(Sc2cc(Cl)ccc2Cl)c(N)c1. The first kappa shape index (κ1) is 16.0. The Kier molecular flexibility index (Phi) is 5.39. The molecule has 3 nitrogen and oxygen atoms in total. The normalized spacial score (nSPS) is 10.4. The molecular weight excluding hydrogens is 327 g/mol. The van der Waals surface area contributed by atoms with Crippen LogP contribution in [-0.2, 0) is 0 Å². The zero-order chi connectivity index (χ0) is 15.4. The highest BCUT2D eigenvalue weighted by molar-refractivity contribution is 7.99. The minimum absolute atomic E-state index is 0.137. The molecule has 0 radical (unpaired) electrons. The summed E-state index contributed by atoms with van der Waals surface area (Å²) in [6.45, 7) is 2.44. The van der Waals surface area contributed by atoms with Crippen molar-refractivity contribution in [2.45, 2.75) is 16.7 Å². The van der Waals surface area contributed by atoms with E-state index in [1.807, 2.05) is 13.0 Å². The Morgan fingerprint density at radius 2 is 1.95 bits per heavy atom. The molecule has 21 heavy (non-hydrogen) atoms. The van der Waals surface area contributed by atoms with Gasteiger partial charge in [0.05, 0.1) is 5.02 Å². The topological polar surface area (TPSA) is 55.1 Å². The standard InChI is InChI=1S/C15H14Cl2N2OS/c1-2-19-15(20)9-3-6-13(12(18)7-9)21-14-8-10(16)4-5-11(14)17/h3-8H,2,18H2,1H3,(H,19,20). The van der Waals surface area contributed by atoms with Crippen LogP contribution in [0.25, 0.3) is 0 Å². The number of carbonyl (C=O) groups is 1. The van der Waals surface area contributed by atoms with E-state index in [2.05, 4.69) is 5.32 Å². The van der Waals surface area contributed by atoms with Crippen LogP contribution in [0.2, 0.25) is 10.0 Å². The number of carbonyl (C=O) groups excluding carboxylic acids is 1. The van der Waals surface area contributed by atoms with Crippen LogP contribution < -0.4 is 11.1 Å². The summed E-state index contributed by atoms with van der Waals surface area (Å²) in [6, 6.07) is 10.5. The predicted molar refractivity (Wildman–Crippen MR) is 89.4 cm³/mol. The van der Waals surface area contributed by atoms with Gasteiger partial charge in [0.15, 0.2) is 0 Å². The first-order valence-electron chi connectivity index (χ1n) is 6.32. The zero-order valence-corrected chi connectivity index (χ0v) is 13.6. The average Bonchev–Trinajstić information content (AvgIpc) is 2.45. The summed E-state index contributed by atoms with van der Waals surface area (Å²) in [5.74, 6) is -0.137. The van der Waals surface area contributed by atoms with Gasteiger partial charge in [0.2, 0.25) is 0 Å². The first-order chi connectivity index (χ1) is 10.0. The number of halogens is 2. The lowest BCUT2D eigenvalue weighted by molar-refractivity contribution is 0.0956. The van der Waals surface area contributed by atoms with Crippen LogP contribution in [-0.4, -0.2) is 12.5 Å². The van der Waals surface area contributed by atoms with Gasteiger partial charge in [-0.3, -0.25) is 4.79 Å². The number of rotatable bonds is 4. The summed E-state index contributed by atoms with van der Waals surface area (Å²) in [4.78, 5) is 13.4. The van der Waals surface area contributed by atoms with Gasteiger partial charge in [-0.15, -0.1) is 0 Å². The molecule has 3 N–H and O–H groups in total. The molecule has 0 aliphatic heterocycles. The number of amides is 1. The molecule has 0 bridgehead atoms. The highest BCUT2D eigenvalue weighted by Crippen LogP contribution is 2.37. The maximum atomic E-state index is 11.8. The quantitative estimate of drug-likeness (QED) is 0.807. The molecule has 0 unspecified atom stereocenters. The Morgan fingerprint density at radius 3 is 2.62 bits per heavy atom. The third-order valence-electron chi connectivity index (χ3n) is 2.72. The van der Waals surface area contributed by atoms with Crippen LogP contribution in [0, 0.1) is 0 Å². The van der Waals surface area contributed by atoms with Gasteiger partial charge in [-0.25, -0.2) is 0 Å². The molecule has 1 amide bonds. The summed E-state index contributed by atoms with van der Waals surface area (Å²) in [6.07, 6.45) is 0. The minimum Gasteiger partial charge on any atom is -0.398 e. The summed E-state index contributed by atoms with van der Waals surface area (Å²) in [5, 5.41) is 3.95. The van der Waals surface area contributed by atoms with E-state index in [4.69, 9.17) is 28.9 Å². The highest BCUT2D eigenvalue weighted by Gasteiger charge is 2.10. The average molecular weight is 341 g/mol. The van der Waals surface area contributed by atoms with Gasteiger partial charge in [-0.2, -0.15) is 0 Å². The van der Waals surface area contributed by atoms with Crippen LogP contribution in [0.15, 0.2) is 46.2 Å². The summed E-state index contributed by atoms with van der Waals surface area (Å²) in [5.41, 5.74) is 7.08. The van der Waals surface area contributed by atoms with Gasteiger partial charge in [0, 0.05) is 32.6 Å². The largest absolute Gasteiger partial charge is 0.398 e. The molecule has 2 rings (SSSR count). The molecule has 110 valence electrons. The number of hydrogen-bond acceptors (Lipinski definition) is 3. The number of benzene rings is 2. The van der Waals surface area contributed by atoms with E-state index < -0.39 is 0 Å². The molecule has 0 atom stereocenters. The van der Waals surface area contributed by atoms with Crippen LogP contribution in [0.4, 0.5) is 5.69 Å². The van der Waals surface area contributed by atoms with Crippen molar-refractivity contribution in [2.24, 2.45) is 0 Å². The van der Waals surface area contributed by atoms with Gasteiger partial charge in [0.1, 0.15) is 0 Å². The van der Waals surface area contributed by atoms with Crippen molar-refractivity contribution >= 4 is 46.6 Å². The third-order valence-corrected chi connectivity index (χ3v) is 4.55. The molecule has 2 aromatic carbocycles. The molecule has 6 heteroatoms. The maximum absolute atomic E-state index is 11.8. The van der Waals surface area contributed by atoms with Crippen LogP contribution in [0.1, 0.15) is 17.3 Å². The molecule has 0 saturated heterocycles. The first-order valence-corrected chi connectivity index (χ1v) is 7.89. The Balaban J connectivity index is 2.25. The van der Waals surface area contributed by atoms with Crippen molar-refractivity contribution in [1.82, 2.24) is 5.32 Å². The van der Waals surface area contributed by atoms with Gasteiger partial charge in [-0.05, 0) is 43.3 Å². The fraction of sp³-hybridized carbons (Fsp3) is 0.133. The molecule has 0 heterocycles. The highest BCUT2D eigenvalue weighted by atomic mass is 35.5. The second kappa shape index (κ2) is 7.07. The van der Waals surface area contributed by atoms with Gasteiger partial charge >= 0.3 is 0 Å². The fourth-order valence-electron chi connectivity index (χ4n) is 1.72. The lowest BCUT2D eigenvalue weighted by atomic mass is 10.2. The van der Waals surface area contributed by atoms with Crippen molar-refractivity contribution in [1.29, 1.82) is 0 Å². The van der Waals surface area contributed by atoms with E-state index in [1.165, 1.54) is 11.8 Å². The summed E-state index contributed by atoms with van der Waals surface area (Å²) in [7, 11) is 0. The molecule has 0 saturated carbocycles. The minimum atomic E-state index is -0.137. The Labute approximate surface area is 137 Å². The molecule has 0 fully saturated rings. The molecule has 0 spiro atoms. The van der Waals surface area contributed by atoms with Crippen molar-refractivity contribution in [3.05, 3.63) is 52.0 Å². The summed E-state index contributed by atoms with van der Waals surface area (Å²) >= 11 is 13.5. The smallest absolute Gasteiger partial charge is 0.251 e. The van der Waals surface area contributed by atoms with Crippen LogP contribution in [0.5, 0.6) is 0 Å². The Morgan fingerprint density at radius 1 is 1.19 bits per heavy atom. The lowest BCUT2D eigenvalue weighted by Gasteiger charge is -2.09. The molecule has 0 aromatic heterocycles. The number of nitrogen functional groups attached to an aromatic ring is 1. The molecule has 0 aliphatic rings. The molecule has 0 aliphatic carbocycles. The second-order valence-corrected chi connectivity index (χ2v) is 6.22. The number of nitrogens with two attached hydrogens (primary N) is 1. The van der Waals surface area contributed by atoms with Crippen LogP contribution in [0.3, 0.4) is 0 Å². The molecular formula is C15H14Cl2N2OS. The monoisotopic (exact) mass is 340 g/mol. The number of anilines is 1. The van der Waals surface area contributed by atoms with Gasteiger partial charge < -0.3 is 11.1 Å². The predicted octanol–water partition coefficient (Wildman–Crippen LogP) is 4.48. The summed E-state index contributed by atoms with van der Waals surface area (Å²) < 4.78 is 0. The van der Waals surface area contributed by atoms with E-state index in [0.29, 0.717) is 27.8 Å². The van der Waals surface area contributed by atoms with E-state index in [0.717, 1.165) is 9.79 Å². The van der Waals surface area contributed by atoms with E-state index in [-0.39, 0.29) is 5.91 Å². The van der Waals surface area contributed by atoms with Crippen molar-refractivity contribution in [3.8, 4) is 0 Å². The van der Waals surface area contributed by atoms with E-state index in [1.54, 1.807) is 30.3 Å². The van der Waals surface area contributed by atoms with Gasteiger partial charge in [0.25, 0.3) is 5.91 Å². The number of hydrogen-bond donors (Lipinski definition) is 2. The molecule has 2 aromatic rings. The maximum Gasteiger partial charge on any atom is 0.251 e. The van der Waals surface area contributed by atoms with Gasteiger partial charge in [-0.1, -0.05) is 35.0 Å². The Hall–Kier alpha value is -1.36. The fourth-order valence-corrected chi connectivity index (χ4v) is 3.09.